The quantitative estimate of drug-likeness (QED) is 0.887. The highest BCUT2D eigenvalue weighted by atomic mass is 19.1. The van der Waals surface area contributed by atoms with Gasteiger partial charge in [0.15, 0.2) is 0 Å². The van der Waals surface area contributed by atoms with E-state index >= 15 is 0 Å². The van der Waals surface area contributed by atoms with Gasteiger partial charge in [0.25, 0.3) is 0 Å². The molecule has 0 bridgehead atoms. The highest BCUT2D eigenvalue weighted by Gasteiger charge is 2.31. The summed E-state index contributed by atoms with van der Waals surface area (Å²) in [4.78, 5) is 0. The van der Waals surface area contributed by atoms with Crippen LogP contribution in [0.25, 0.3) is 0 Å². The topological polar surface area (TPSA) is 21.3 Å². The van der Waals surface area contributed by atoms with Gasteiger partial charge in [-0.1, -0.05) is 19.1 Å². The first-order valence-corrected chi connectivity index (χ1v) is 7.65. The van der Waals surface area contributed by atoms with Crippen molar-refractivity contribution in [2.24, 2.45) is 0 Å². The lowest BCUT2D eigenvalue weighted by molar-refractivity contribution is -0.0788. The van der Waals surface area contributed by atoms with Crippen LogP contribution in [0.5, 0.6) is 0 Å². The summed E-state index contributed by atoms with van der Waals surface area (Å²) in [5, 5.41) is 3.70. The minimum absolute atomic E-state index is 0.0194. The maximum Gasteiger partial charge on any atom is 0.123 e. The van der Waals surface area contributed by atoms with Gasteiger partial charge in [0.1, 0.15) is 5.82 Å². The lowest BCUT2D eigenvalue weighted by Crippen LogP contribution is -2.48. The Hall–Kier alpha value is -0.930. The van der Waals surface area contributed by atoms with Gasteiger partial charge < -0.3 is 10.1 Å². The molecule has 112 valence electrons. The van der Waals surface area contributed by atoms with Gasteiger partial charge in [0.05, 0.1) is 5.60 Å². The smallest absolute Gasteiger partial charge is 0.123 e. The van der Waals surface area contributed by atoms with E-state index in [0.717, 1.165) is 32.3 Å². The first-order valence-electron chi connectivity index (χ1n) is 7.65. The Balaban J connectivity index is 1.85. The number of halogens is 1. The van der Waals surface area contributed by atoms with Crippen LogP contribution in [-0.2, 0) is 11.2 Å². The van der Waals surface area contributed by atoms with E-state index in [4.69, 9.17) is 4.74 Å². The van der Waals surface area contributed by atoms with Crippen molar-refractivity contribution >= 4 is 0 Å². The molecule has 1 N–H and O–H groups in total. The third-order valence-electron chi connectivity index (χ3n) is 4.32. The lowest BCUT2D eigenvalue weighted by atomic mass is 9.89. The van der Waals surface area contributed by atoms with E-state index in [9.17, 15) is 4.39 Å². The van der Waals surface area contributed by atoms with Crippen LogP contribution in [0.15, 0.2) is 24.3 Å². The predicted octanol–water partition coefficient (Wildman–Crippen LogP) is 3.69. The van der Waals surface area contributed by atoms with Crippen molar-refractivity contribution < 1.29 is 9.13 Å². The van der Waals surface area contributed by atoms with E-state index in [2.05, 4.69) is 26.1 Å². The third kappa shape index (κ3) is 4.29. The van der Waals surface area contributed by atoms with Gasteiger partial charge >= 0.3 is 0 Å². The Kier molecular flexibility index (Phi) is 5.17. The summed E-state index contributed by atoms with van der Waals surface area (Å²) in [5.41, 5.74) is 1.20. The zero-order valence-corrected chi connectivity index (χ0v) is 12.8. The van der Waals surface area contributed by atoms with Gasteiger partial charge in [0.2, 0.25) is 0 Å². The van der Waals surface area contributed by atoms with Crippen molar-refractivity contribution in [3.8, 4) is 0 Å². The molecule has 1 heterocycles. The summed E-state index contributed by atoms with van der Waals surface area (Å²) in [7, 11) is 0. The van der Waals surface area contributed by atoms with E-state index in [1.54, 1.807) is 0 Å². The van der Waals surface area contributed by atoms with Crippen molar-refractivity contribution in [1.29, 1.82) is 0 Å². The van der Waals surface area contributed by atoms with Gasteiger partial charge in [-0.15, -0.1) is 0 Å². The summed E-state index contributed by atoms with van der Waals surface area (Å²) in [6.07, 6.45) is 4.12. The van der Waals surface area contributed by atoms with Crippen LogP contribution in [0.4, 0.5) is 4.39 Å². The molecule has 20 heavy (non-hydrogen) atoms. The molecule has 0 spiro atoms. The number of rotatable bonds is 5. The average molecular weight is 279 g/mol. The van der Waals surface area contributed by atoms with Crippen molar-refractivity contribution in [3.63, 3.8) is 0 Å². The molecule has 2 rings (SSSR count). The highest BCUT2D eigenvalue weighted by molar-refractivity contribution is 5.17. The number of nitrogens with one attached hydrogen (secondary N) is 1. The second-order valence-electron chi connectivity index (χ2n) is 6.24. The predicted molar refractivity (Wildman–Crippen MR) is 80.4 cm³/mol. The molecule has 1 aliphatic rings. The summed E-state index contributed by atoms with van der Waals surface area (Å²) >= 11 is 0. The Morgan fingerprint density at radius 2 is 2.10 bits per heavy atom. The molecule has 1 aliphatic heterocycles. The summed E-state index contributed by atoms with van der Waals surface area (Å²) in [6, 6.07) is 7.71. The maximum absolute atomic E-state index is 12.9. The molecule has 0 radical (unpaired) electrons. The molecule has 2 nitrogen and oxygen atoms in total. The fraction of sp³-hybridized carbons (Fsp3) is 0.647. The van der Waals surface area contributed by atoms with Crippen LogP contribution in [-0.4, -0.2) is 24.3 Å². The summed E-state index contributed by atoms with van der Waals surface area (Å²) < 4.78 is 18.8. The lowest BCUT2D eigenvalue weighted by Gasteiger charge is -2.39. The largest absolute Gasteiger partial charge is 0.375 e. The fourth-order valence-electron chi connectivity index (χ4n) is 2.95. The first-order chi connectivity index (χ1) is 9.50. The number of hydrogen-bond donors (Lipinski definition) is 1. The molecule has 3 atom stereocenters. The number of hydrogen-bond acceptors (Lipinski definition) is 2. The van der Waals surface area contributed by atoms with Crippen LogP contribution < -0.4 is 5.32 Å². The normalized spacial score (nSPS) is 28.3. The Bertz CT molecular complexity index is 420. The van der Waals surface area contributed by atoms with Crippen molar-refractivity contribution in [2.45, 2.75) is 64.1 Å². The van der Waals surface area contributed by atoms with Crippen LogP contribution >= 0.6 is 0 Å². The monoisotopic (exact) mass is 279 g/mol. The van der Waals surface area contributed by atoms with Crippen LogP contribution in [0.1, 0.15) is 45.6 Å². The third-order valence-corrected chi connectivity index (χ3v) is 4.32. The standard InChI is InChI=1S/C17H26FNO/c1-4-17(3)12-16(9-10-20-17)19-13(2)11-14-5-7-15(18)8-6-14/h5-8,13,16,19H,4,9-12H2,1-3H3. The highest BCUT2D eigenvalue weighted by Crippen LogP contribution is 2.28. The van der Waals surface area contributed by atoms with Gasteiger partial charge in [-0.25, -0.2) is 4.39 Å². The summed E-state index contributed by atoms with van der Waals surface area (Å²) in [6.45, 7) is 7.42. The van der Waals surface area contributed by atoms with E-state index in [1.807, 2.05) is 12.1 Å². The minimum atomic E-state index is -0.169. The van der Waals surface area contributed by atoms with Crippen LogP contribution in [0.2, 0.25) is 0 Å². The number of ether oxygens (including phenoxy) is 1. The molecule has 1 fully saturated rings. The number of benzene rings is 1. The maximum atomic E-state index is 12.9. The fourth-order valence-corrected chi connectivity index (χ4v) is 2.95. The van der Waals surface area contributed by atoms with Crippen molar-refractivity contribution in [2.75, 3.05) is 6.61 Å². The van der Waals surface area contributed by atoms with E-state index < -0.39 is 0 Å². The van der Waals surface area contributed by atoms with Crippen LogP contribution in [0.3, 0.4) is 0 Å². The van der Waals surface area contributed by atoms with Gasteiger partial charge in [-0.3, -0.25) is 0 Å². The zero-order valence-electron chi connectivity index (χ0n) is 12.8. The molecule has 0 aliphatic carbocycles. The molecular weight excluding hydrogens is 253 g/mol. The van der Waals surface area contributed by atoms with Crippen LogP contribution in [0, 0.1) is 5.82 Å². The average Bonchev–Trinajstić information content (AvgIpc) is 2.41. The first kappa shape index (κ1) is 15.5. The zero-order chi connectivity index (χ0) is 14.6. The second-order valence-corrected chi connectivity index (χ2v) is 6.24. The van der Waals surface area contributed by atoms with E-state index in [-0.39, 0.29) is 11.4 Å². The van der Waals surface area contributed by atoms with Crippen molar-refractivity contribution in [3.05, 3.63) is 35.6 Å². The van der Waals surface area contributed by atoms with Gasteiger partial charge in [0, 0.05) is 18.7 Å². The Morgan fingerprint density at radius 3 is 2.75 bits per heavy atom. The SMILES string of the molecule is CCC1(C)CC(NC(C)Cc2ccc(F)cc2)CCO1. The minimum Gasteiger partial charge on any atom is -0.375 e. The molecule has 0 saturated carbocycles. The van der Waals surface area contributed by atoms with Gasteiger partial charge in [-0.05, 0) is 57.2 Å². The van der Waals surface area contributed by atoms with Gasteiger partial charge in [-0.2, -0.15) is 0 Å². The Morgan fingerprint density at radius 1 is 1.40 bits per heavy atom. The molecule has 1 saturated heterocycles. The van der Waals surface area contributed by atoms with E-state index in [1.165, 1.54) is 17.7 Å². The molecule has 0 aromatic heterocycles. The van der Waals surface area contributed by atoms with Crippen molar-refractivity contribution in [1.82, 2.24) is 5.32 Å². The molecule has 1 aromatic rings. The summed E-state index contributed by atoms with van der Waals surface area (Å²) in [5.74, 6) is -0.169. The Labute approximate surface area is 121 Å². The second kappa shape index (κ2) is 6.68. The molecular formula is C17H26FNO. The van der Waals surface area contributed by atoms with E-state index in [0.29, 0.717) is 12.1 Å². The molecule has 0 amide bonds. The molecule has 1 aromatic carbocycles. The molecule has 3 heteroatoms. The molecule has 3 unspecified atom stereocenters.